The summed E-state index contributed by atoms with van der Waals surface area (Å²) >= 11 is 19.2. The fourth-order valence-corrected chi connectivity index (χ4v) is 4.28. The number of pyridine rings is 1. The number of methoxy groups -OCH3 is 1. The number of benzene rings is 3. The lowest BCUT2D eigenvalue weighted by Crippen LogP contribution is -2.19. The molecule has 0 radical (unpaired) electrons. The summed E-state index contributed by atoms with van der Waals surface area (Å²) in [7, 11) is 1.31. The second-order valence-corrected chi connectivity index (χ2v) is 7.69. The van der Waals surface area contributed by atoms with Crippen molar-refractivity contribution >= 4 is 51.7 Å². The Bertz CT molecular complexity index is 1340. The molecule has 4 aromatic rings. The maximum atomic E-state index is 12.9. The molecule has 0 aliphatic carbocycles. The number of aromatic nitrogens is 1. The van der Waals surface area contributed by atoms with Crippen molar-refractivity contribution in [3.05, 3.63) is 97.7 Å². The molecule has 0 atom stereocenters. The van der Waals surface area contributed by atoms with Crippen LogP contribution < -0.4 is 5.56 Å². The Balaban J connectivity index is 2.19. The van der Waals surface area contributed by atoms with Crippen LogP contribution in [0.15, 0.2) is 71.5 Å². The first-order valence-electron chi connectivity index (χ1n) is 8.90. The van der Waals surface area contributed by atoms with Crippen molar-refractivity contribution in [1.29, 1.82) is 0 Å². The molecule has 1 aromatic heterocycles. The number of hydrogen-bond acceptors (Lipinski definition) is 3. The Labute approximate surface area is 187 Å². The minimum atomic E-state index is -0.514. The van der Waals surface area contributed by atoms with Crippen LogP contribution in [0.1, 0.15) is 10.4 Å². The molecule has 0 unspecified atom stereocenters. The molecule has 0 bridgehead atoms. The molecule has 0 aliphatic rings. The summed E-state index contributed by atoms with van der Waals surface area (Å²) in [6.45, 7) is 0. The molecule has 3 aromatic carbocycles. The number of carbonyl (C=O) groups excluding carboxylic acids is 1. The Hall–Kier alpha value is -2.79. The van der Waals surface area contributed by atoms with Gasteiger partial charge < -0.3 is 4.74 Å². The molecule has 0 spiro atoms. The van der Waals surface area contributed by atoms with Crippen LogP contribution in [0.4, 0.5) is 0 Å². The van der Waals surface area contributed by atoms with E-state index in [0.29, 0.717) is 48.3 Å². The van der Waals surface area contributed by atoms with E-state index >= 15 is 0 Å². The van der Waals surface area contributed by atoms with Crippen molar-refractivity contribution in [3.63, 3.8) is 0 Å². The van der Waals surface area contributed by atoms with Crippen LogP contribution in [0, 0.1) is 0 Å². The summed E-state index contributed by atoms with van der Waals surface area (Å²) in [6.07, 6.45) is 0. The molecular formula is C23H14Cl3NO3. The van der Waals surface area contributed by atoms with E-state index in [0.717, 1.165) is 0 Å². The predicted octanol–water partition coefficient (Wildman–Crippen LogP) is 6.40. The Morgan fingerprint density at radius 2 is 1.50 bits per heavy atom. The molecular weight excluding hydrogens is 445 g/mol. The first-order chi connectivity index (χ1) is 14.4. The number of carbonyl (C=O) groups is 1. The molecule has 150 valence electrons. The third-order valence-corrected chi connectivity index (χ3v) is 5.73. The zero-order chi connectivity index (χ0) is 21.4. The van der Waals surface area contributed by atoms with Gasteiger partial charge in [0.05, 0.1) is 33.9 Å². The van der Waals surface area contributed by atoms with Crippen LogP contribution in [0.2, 0.25) is 15.1 Å². The number of halogens is 3. The van der Waals surface area contributed by atoms with Crippen molar-refractivity contribution in [2.75, 3.05) is 7.11 Å². The normalized spacial score (nSPS) is 10.9. The van der Waals surface area contributed by atoms with E-state index in [-0.39, 0.29) is 5.56 Å². The average Bonchev–Trinajstić information content (AvgIpc) is 2.74. The standard InChI is InChI=1S/C23H14Cl3NO3/c1-30-23(29)15-9-11-19-14(21(15)13-5-2-3-6-16(13)24)10-12-20(28)27(19)22-17(25)7-4-8-18(22)26/h2-12H,1H3. The second kappa shape index (κ2) is 8.15. The van der Waals surface area contributed by atoms with E-state index in [1.807, 2.05) is 12.1 Å². The maximum Gasteiger partial charge on any atom is 0.338 e. The van der Waals surface area contributed by atoms with E-state index in [1.54, 1.807) is 48.5 Å². The van der Waals surface area contributed by atoms with Crippen molar-refractivity contribution in [2.45, 2.75) is 0 Å². The lowest BCUT2D eigenvalue weighted by molar-refractivity contribution is 0.0602. The lowest BCUT2D eigenvalue weighted by Gasteiger charge is -2.18. The Morgan fingerprint density at radius 1 is 0.833 bits per heavy atom. The van der Waals surface area contributed by atoms with Crippen molar-refractivity contribution in [3.8, 4) is 16.8 Å². The van der Waals surface area contributed by atoms with Crippen LogP contribution in [0.5, 0.6) is 0 Å². The smallest absolute Gasteiger partial charge is 0.338 e. The Morgan fingerprint density at radius 3 is 2.17 bits per heavy atom. The van der Waals surface area contributed by atoms with Crippen LogP contribution >= 0.6 is 34.8 Å². The van der Waals surface area contributed by atoms with E-state index in [2.05, 4.69) is 0 Å². The third kappa shape index (κ3) is 3.37. The fraction of sp³-hybridized carbons (Fsp3) is 0.0435. The number of fused-ring (bicyclic) bond motifs is 1. The van der Waals surface area contributed by atoms with Gasteiger partial charge in [-0.3, -0.25) is 9.36 Å². The van der Waals surface area contributed by atoms with Gasteiger partial charge in [-0.1, -0.05) is 59.1 Å². The van der Waals surface area contributed by atoms with E-state index in [4.69, 9.17) is 39.5 Å². The molecule has 0 N–H and O–H groups in total. The lowest BCUT2D eigenvalue weighted by atomic mass is 9.94. The minimum Gasteiger partial charge on any atom is -0.465 e. The van der Waals surface area contributed by atoms with Gasteiger partial charge in [0.2, 0.25) is 0 Å². The number of nitrogens with zero attached hydrogens (tertiary/aromatic N) is 1. The maximum absolute atomic E-state index is 12.9. The Kier molecular flexibility index (Phi) is 5.56. The highest BCUT2D eigenvalue weighted by Crippen LogP contribution is 2.38. The van der Waals surface area contributed by atoms with Gasteiger partial charge in [-0.25, -0.2) is 4.79 Å². The highest BCUT2D eigenvalue weighted by atomic mass is 35.5. The summed E-state index contributed by atoms with van der Waals surface area (Å²) in [5.41, 5.74) is 2.11. The molecule has 0 amide bonds. The summed E-state index contributed by atoms with van der Waals surface area (Å²) in [6, 6.07) is 18.5. The quantitative estimate of drug-likeness (QED) is 0.334. The molecule has 0 aliphatic heterocycles. The number of esters is 1. The number of rotatable bonds is 3. The molecule has 0 saturated carbocycles. The fourth-order valence-electron chi connectivity index (χ4n) is 3.49. The first-order valence-corrected chi connectivity index (χ1v) is 10.0. The SMILES string of the molecule is COC(=O)c1ccc2c(ccc(=O)n2-c2c(Cl)cccc2Cl)c1-c1ccccc1Cl. The van der Waals surface area contributed by atoms with Crippen molar-refractivity contribution in [1.82, 2.24) is 4.57 Å². The molecule has 7 heteroatoms. The van der Waals surface area contributed by atoms with Gasteiger partial charge in [0, 0.05) is 27.6 Å². The van der Waals surface area contributed by atoms with Gasteiger partial charge in [0.25, 0.3) is 5.56 Å². The minimum absolute atomic E-state index is 0.312. The number of hydrogen-bond donors (Lipinski definition) is 0. The summed E-state index contributed by atoms with van der Waals surface area (Å²) in [5.74, 6) is -0.514. The zero-order valence-electron chi connectivity index (χ0n) is 15.7. The van der Waals surface area contributed by atoms with Crippen LogP contribution in [0.25, 0.3) is 27.7 Å². The summed E-state index contributed by atoms with van der Waals surface area (Å²) in [4.78, 5) is 25.4. The highest BCUT2D eigenvalue weighted by Gasteiger charge is 2.21. The van der Waals surface area contributed by atoms with Crippen molar-refractivity contribution < 1.29 is 9.53 Å². The van der Waals surface area contributed by atoms with Gasteiger partial charge in [-0.15, -0.1) is 0 Å². The van der Waals surface area contributed by atoms with E-state index in [1.165, 1.54) is 17.7 Å². The molecule has 0 saturated heterocycles. The van der Waals surface area contributed by atoms with E-state index in [9.17, 15) is 9.59 Å². The summed E-state index contributed by atoms with van der Waals surface area (Å²) in [5, 5.41) is 1.74. The van der Waals surface area contributed by atoms with Crippen LogP contribution in [-0.4, -0.2) is 17.6 Å². The highest BCUT2D eigenvalue weighted by molar-refractivity contribution is 6.38. The summed E-state index contributed by atoms with van der Waals surface area (Å²) < 4.78 is 6.40. The molecule has 30 heavy (non-hydrogen) atoms. The monoisotopic (exact) mass is 457 g/mol. The molecule has 0 fully saturated rings. The molecule has 1 heterocycles. The van der Waals surface area contributed by atoms with Crippen molar-refractivity contribution in [2.24, 2.45) is 0 Å². The van der Waals surface area contributed by atoms with Gasteiger partial charge >= 0.3 is 5.97 Å². The first kappa shape index (κ1) is 20.5. The topological polar surface area (TPSA) is 48.3 Å². The van der Waals surface area contributed by atoms with Gasteiger partial charge in [0.15, 0.2) is 0 Å². The zero-order valence-corrected chi connectivity index (χ0v) is 17.9. The molecule has 4 nitrogen and oxygen atoms in total. The number of para-hydroxylation sites is 1. The number of ether oxygens (including phenoxy) is 1. The van der Waals surface area contributed by atoms with E-state index < -0.39 is 5.97 Å². The largest absolute Gasteiger partial charge is 0.465 e. The molecule has 4 rings (SSSR count). The van der Waals surface area contributed by atoms with Crippen LogP contribution in [0.3, 0.4) is 0 Å². The van der Waals surface area contributed by atoms with Gasteiger partial charge in [0.1, 0.15) is 0 Å². The van der Waals surface area contributed by atoms with Crippen LogP contribution in [-0.2, 0) is 4.74 Å². The third-order valence-electron chi connectivity index (χ3n) is 4.79. The van der Waals surface area contributed by atoms with Gasteiger partial charge in [-0.05, 0) is 36.4 Å². The average molecular weight is 459 g/mol. The second-order valence-electron chi connectivity index (χ2n) is 6.47. The van der Waals surface area contributed by atoms with Gasteiger partial charge in [-0.2, -0.15) is 0 Å². The predicted molar refractivity (Wildman–Crippen MR) is 121 cm³/mol.